The number of halogens is 2. The average Bonchev–Trinajstić information content (AvgIpc) is 2.39. The van der Waals surface area contributed by atoms with Crippen LogP contribution in [0.2, 0.25) is 5.02 Å². The summed E-state index contributed by atoms with van der Waals surface area (Å²) in [7, 11) is -3.79. The van der Waals surface area contributed by atoms with E-state index in [0.717, 1.165) is 0 Å². The van der Waals surface area contributed by atoms with Gasteiger partial charge in [0.1, 0.15) is 4.90 Å². The maximum atomic E-state index is 12.3. The molecule has 2 N–H and O–H groups in total. The first-order valence-corrected chi connectivity index (χ1v) is 8.79. The molecule has 2 aromatic rings. The zero-order chi connectivity index (χ0) is 16.3. The van der Waals surface area contributed by atoms with Crippen molar-refractivity contribution in [3.8, 4) is 0 Å². The molecule has 0 aliphatic carbocycles. The third kappa shape index (κ3) is 4.22. The third-order valence-electron chi connectivity index (χ3n) is 2.64. The number of carbonyl (C=O) groups excluding carboxylic acids is 1. The minimum atomic E-state index is -3.79. The van der Waals surface area contributed by atoms with Gasteiger partial charge in [-0.1, -0.05) is 27.5 Å². The van der Waals surface area contributed by atoms with E-state index in [9.17, 15) is 13.2 Å². The van der Waals surface area contributed by atoms with Crippen molar-refractivity contribution in [2.45, 2.75) is 11.8 Å². The van der Waals surface area contributed by atoms with E-state index in [0.29, 0.717) is 15.8 Å². The van der Waals surface area contributed by atoms with Crippen LogP contribution in [0.25, 0.3) is 0 Å². The van der Waals surface area contributed by atoms with Gasteiger partial charge in [0.2, 0.25) is 5.91 Å². The SMILES string of the molecule is CC(=O)Nc1ccc(NS(=O)(=O)c2ccc(Br)cc2Cl)cc1. The number of nitrogens with one attached hydrogen (secondary N) is 2. The average molecular weight is 404 g/mol. The largest absolute Gasteiger partial charge is 0.326 e. The summed E-state index contributed by atoms with van der Waals surface area (Å²) >= 11 is 9.19. The van der Waals surface area contributed by atoms with Gasteiger partial charge in [0.25, 0.3) is 10.0 Å². The van der Waals surface area contributed by atoms with Crippen LogP contribution in [0.5, 0.6) is 0 Å². The van der Waals surface area contributed by atoms with Gasteiger partial charge >= 0.3 is 0 Å². The van der Waals surface area contributed by atoms with E-state index in [1.54, 1.807) is 30.3 Å². The van der Waals surface area contributed by atoms with Crippen LogP contribution in [0.1, 0.15) is 6.92 Å². The van der Waals surface area contributed by atoms with Crippen molar-refractivity contribution >= 4 is 54.8 Å². The predicted octanol–water partition coefficient (Wildman–Crippen LogP) is 3.86. The lowest BCUT2D eigenvalue weighted by molar-refractivity contribution is -0.114. The van der Waals surface area contributed by atoms with Gasteiger partial charge in [-0.2, -0.15) is 0 Å². The monoisotopic (exact) mass is 402 g/mol. The van der Waals surface area contributed by atoms with E-state index < -0.39 is 10.0 Å². The Morgan fingerprint density at radius 1 is 1.09 bits per heavy atom. The zero-order valence-electron chi connectivity index (χ0n) is 11.4. The summed E-state index contributed by atoms with van der Waals surface area (Å²) in [5, 5.41) is 2.72. The molecule has 8 heteroatoms. The highest BCUT2D eigenvalue weighted by atomic mass is 79.9. The lowest BCUT2D eigenvalue weighted by atomic mass is 10.3. The summed E-state index contributed by atoms with van der Waals surface area (Å²) in [4.78, 5) is 10.9. The molecule has 0 heterocycles. The smallest absolute Gasteiger partial charge is 0.263 e. The number of hydrogen-bond acceptors (Lipinski definition) is 3. The van der Waals surface area contributed by atoms with Gasteiger partial charge in [-0.25, -0.2) is 8.42 Å². The van der Waals surface area contributed by atoms with Crippen LogP contribution in [0.4, 0.5) is 11.4 Å². The Hall–Kier alpha value is -1.57. The Balaban J connectivity index is 2.23. The molecule has 0 atom stereocenters. The van der Waals surface area contributed by atoms with Crippen molar-refractivity contribution in [3.63, 3.8) is 0 Å². The topological polar surface area (TPSA) is 75.3 Å². The number of anilines is 2. The first-order valence-electron chi connectivity index (χ1n) is 6.13. The first kappa shape index (κ1) is 16.8. The molecule has 0 fully saturated rings. The molecule has 0 bridgehead atoms. The van der Waals surface area contributed by atoms with Crippen LogP contribution < -0.4 is 10.0 Å². The summed E-state index contributed by atoms with van der Waals surface area (Å²) < 4.78 is 27.8. The molecule has 116 valence electrons. The maximum absolute atomic E-state index is 12.3. The standard InChI is InChI=1S/C14H12BrClN2O3S/c1-9(19)17-11-3-5-12(6-4-11)18-22(20,21)14-7-2-10(15)8-13(14)16/h2-8,18H,1H3,(H,17,19). The number of amides is 1. The fourth-order valence-corrected chi connectivity index (χ4v) is 3.83. The molecule has 0 saturated heterocycles. The Kier molecular flexibility index (Phi) is 5.10. The highest BCUT2D eigenvalue weighted by Gasteiger charge is 2.18. The summed E-state index contributed by atoms with van der Waals surface area (Å²) in [5.41, 5.74) is 0.949. The lowest BCUT2D eigenvalue weighted by Crippen LogP contribution is -2.13. The Morgan fingerprint density at radius 3 is 2.23 bits per heavy atom. The Morgan fingerprint density at radius 2 is 1.68 bits per heavy atom. The molecule has 0 saturated carbocycles. The van der Waals surface area contributed by atoms with Gasteiger partial charge in [-0.3, -0.25) is 9.52 Å². The molecule has 5 nitrogen and oxygen atoms in total. The summed E-state index contributed by atoms with van der Waals surface area (Å²) in [6.07, 6.45) is 0. The molecule has 0 spiro atoms. The normalized spacial score (nSPS) is 11.0. The van der Waals surface area contributed by atoms with Crippen LogP contribution in [-0.2, 0) is 14.8 Å². The van der Waals surface area contributed by atoms with Crippen LogP contribution in [0.3, 0.4) is 0 Å². The molecule has 0 aliphatic rings. The Labute approximate surface area is 141 Å². The van der Waals surface area contributed by atoms with E-state index in [1.165, 1.54) is 19.1 Å². The molecular formula is C14H12BrClN2O3S. The van der Waals surface area contributed by atoms with Crippen molar-refractivity contribution < 1.29 is 13.2 Å². The number of hydrogen-bond donors (Lipinski definition) is 2. The van der Waals surface area contributed by atoms with Gasteiger partial charge in [0.15, 0.2) is 0 Å². The molecule has 0 aliphatic heterocycles. The second-order valence-electron chi connectivity index (χ2n) is 4.44. The zero-order valence-corrected chi connectivity index (χ0v) is 14.6. The summed E-state index contributed by atoms with van der Waals surface area (Å²) in [6, 6.07) is 10.8. The molecule has 0 radical (unpaired) electrons. The van der Waals surface area contributed by atoms with E-state index in [1.807, 2.05) is 0 Å². The van der Waals surface area contributed by atoms with Gasteiger partial charge in [0.05, 0.1) is 5.02 Å². The fraction of sp³-hybridized carbons (Fsp3) is 0.0714. The van der Waals surface area contributed by atoms with Crippen molar-refractivity contribution in [3.05, 3.63) is 52.0 Å². The molecule has 2 aromatic carbocycles. The van der Waals surface area contributed by atoms with Gasteiger partial charge < -0.3 is 5.32 Å². The summed E-state index contributed by atoms with van der Waals surface area (Å²) in [6.45, 7) is 1.39. The van der Waals surface area contributed by atoms with E-state index in [2.05, 4.69) is 26.0 Å². The van der Waals surface area contributed by atoms with Crippen LogP contribution in [0, 0.1) is 0 Å². The lowest BCUT2D eigenvalue weighted by Gasteiger charge is -2.10. The predicted molar refractivity (Wildman–Crippen MR) is 90.7 cm³/mol. The number of sulfonamides is 1. The maximum Gasteiger partial charge on any atom is 0.263 e. The summed E-state index contributed by atoms with van der Waals surface area (Å²) in [5.74, 6) is -0.199. The molecule has 1 amide bonds. The van der Waals surface area contributed by atoms with Crippen LogP contribution >= 0.6 is 27.5 Å². The first-order chi connectivity index (χ1) is 10.3. The molecule has 22 heavy (non-hydrogen) atoms. The number of carbonyl (C=O) groups is 1. The molecule has 0 unspecified atom stereocenters. The van der Waals surface area contributed by atoms with Crippen LogP contribution in [0.15, 0.2) is 51.8 Å². The van der Waals surface area contributed by atoms with Crippen molar-refractivity contribution in [1.29, 1.82) is 0 Å². The highest BCUT2D eigenvalue weighted by Crippen LogP contribution is 2.27. The van der Waals surface area contributed by atoms with Gasteiger partial charge in [0, 0.05) is 22.8 Å². The number of rotatable bonds is 4. The Bertz CT molecular complexity index is 807. The fourth-order valence-electron chi connectivity index (χ4n) is 1.73. The third-order valence-corrected chi connectivity index (χ3v) is 5.00. The van der Waals surface area contributed by atoms with Crippen molar-refractivity contribution in [2.75, 3.05) is 10.0 Å². The van der Waals surface area contributed by atoms with Gasteiger partial charge in [-0.15, -0.1) is 0 Å². The minimum absolute atomic E-state index is 0.0108. The van der Waals surface area contributed by atoms with Crippen LogP contribution in [-0.4, -0.2) is 14.3 Å². The minimum Gasteiger partial charge on any atom is -0.326 e. The van der Waals surface area contributed by atoms with Crippen molar-refractivity contribution in [1.82, 2.24) is 0 Å². The number of benzene rings is 2. The van der Waals surface area contributed by atoms with Crippen molar-refractivity contribution in [2.24, 2.45) is 0 Å². The van der Waals surface area contributed by atoms with Gasteiger partial charge in [-0.05, 0) is 42.5 Å². The van der Waals surface area contributed by atoms with E-state index in [4.69, 9.17) is 11.6 Å². The molecular weight excluding hydrogens is 392 g/mol. The van der Waals surface area contributed by atoms with E-state index in [-0.39, 0.29) is 15.8 Å². The second kappa shape index (κ2) is 6.68. The quantitative estimate of drug-likeness (QED) is 0.814. The highest BCUT2D eigenvalue weighted by molar-refractivity contribution is 9.10. The van der Waals surface area contributed by atoms with E-state index >= 15 is 0 Å². The molecule has 0 aromatic heterocycles. The second-order valence-corrected chi connectivity index (χ2v) is 7.41. The molecule has 2 rings (SSSR count).